The van der Waals surface area contributed by atoms with E-state index in [1.54, 1.807) is 30.3 Å². The number of aromatic nitrogens is 4. The minimum atomic E-state index is -1.95. The van der Waals surface area contributed by atoms with Crippen molar-refractivity contribution in [3.05, 3.63) is 82.9 Å². The molecule has 3 aromatic carbocycles. The third-order valence-corrected chi connectivity index (χ3v) is 7.25. The zero-order chi connectivity index (χ0) is 24.9. The summed E-state index contributed by atoms with van der Waals surface area (Å²) in [5.74, 6) is -1.88. The molecule has 1 unspecified atom stereocenters. The number of carbonyl (C=O) groups is 1. The summed E-state index contributed by atoms with van der Waals surface area (Å²) in [6.07, 6.45) is 0.291. The first-order valence-corrected chi connectivity index (χ1v) is 12.8. The quantitative estimate of drug-likeness (QED) is 0.318. The van der Waals surface area contributed by atoms with Crippen LogP contribution in [0, 0.1) is 0 Å². The second-order valence-corrected chi connectivity index (χ2v) is 10.1. The molecule has 0 amide bonds. The van der Waals surface area contributed by atoms with Crippen molar-refractivity contribution in [2.75, 3.05) is 0 Å². The smallest absolute Gasteiger partial charge is 0.342 e. The highest BCUT2D eigenvalue weighted by atomic mass is 32.1. The Morgan fingerprint density at radius 1 is 1.00 bits per heavy atom. The number of benzene rings is 3. The molecule has 2 aromatic heterocycles. The van der Waals surface area contributed by atoms with Crippen LogP contribution in [0.5, 0.6) is 5.75 Å². The van der Waals surface area contributed by atoms with E-state index in [2.05, 4.69) is 18.3 Å². The lowest BCUT2D eigenvalue weighted by atomic mass is 9.88. The van der Waals surface area contributed by atoms with Crippen LogP contribution in [-0.2, 0) is 21.7 Å². The fraction of sp³-hybridized carbons (Fsp3) is 0.192. The molecular formula is C26H20N4O4S2. The lowest BCUT2D eigenvalue weighted by Crippen LogP contribution is -2.29. The number of cyclic esters (lactones) is 1. The van der Waals surface area contributed by atoms with Gasteiger partial charge in [-0.05, 0) is 85.0 Å². The Balaban J connectivity index is 1.49. The fourth-order valence-corrected chi connectivity index (χ4v) is 5.52. The van der Waals surface area contributed by atoms with Gasteiger partial charge in [-0.3, -0.25) is 0 Å². The lowest BCUT2D eigenvalue weighted by Gasteiger charge is -2.26. The number of aliphatic hydroxyl groups is 1. The predicted octanol–water partition coefficient (Wildman–Crippen LogP) is 4.88. The van der Waals surface area contributed by atoms with E-state index in [1.807, 2.05) is 44.2 Å². The normalized spacial score (nSPS) is 17.9. The zero-order valence-electron chi connectivity index (χ0n) is 19.3. The van der Waals surface area contributed by atoms with Gasteiger partial charge in [0.25, 0.3) is 5.79 Å². The van der Waals surface area contributed by atoms with Crippen molar-refractivity contribution in [1.29, 1.82) is 0 Å². The molecule has 1 atom stereocenters. The minimum absolute atomic E-state index is 0.0107. The van der Waals surface area contributed by atoms with Crippen molar-refractivity contribution < 1.29 is 19.4 Å². The van der Waals surface area contributed by atoms with Crippen LogP contribution < -0.4 is 4.74 Å². The number of hydrogen-bond acceptors (Lipinski definition) is 10. The molecule has 1 aliphatic heterocycles. The number of hydrogen-bond donors (Lipinski definition) is 1. The van der Waals surface area contributed by atoms with Gasteiger partial charge in [0.1, 0.15) is 22.3 Å². The van der Waals surface area contributed by atoms with Gasteiger partial charge in [0.15, 0.2) is 0 Å². The van der Waals surface area contributed by atoms with E-state index in [0.29, 0.717) is 33.5 Å². The van der Waals surface area contributed by atoms with Crippen LogP contribution in [0.4, 0.5) is 0 Å². The van der Waals surface area contributed by atoms with Gasteiger partial charge < -0.3 is 14.6 Å². The van der Waals surface area contributed by atoms with Crippen LogP contribution in [0.25, 0.3) is 26.8 Å². The van der Waals surface area contributed by atoms with Crippen LogP contribution >= 0.6 is 23.3 Å². The number of rotatable bonds is 6. The number of fused-ring (bicyclic) bond motifs is 2. The van der Waals surface area contributed by atoms with Crippen molar-refractivity contribution in [2.45, 2.75) is 32.2 Å². The second kappa shape index (κ2) is 8.74. The summed E-state index contributed by atoms with van der Waals surface area (Å²) in [4.78, 5) is 13.3. The molecule has 8 nitrogen and oxygen atoms in total. The topological polar surface area (TPSA) is 107 Å². The van der Waals surface area contributed by atoms with Gasteiger partial charge in [-0.1, -0.05) is 16.6 Å². The molecule has 0 fully saturated rings. The number of carbonyl (C=O) groups excluding carboxylic acids is 1. The average molecular weight is 517 g/mol. The van der Waals surface area contributed by atoms with Gasteiger partial charge in [0.05, 0.1) is 28.1 Å². The molecule has 1 aliphatic rings. The standard InChI is InChI=1S/C26H20N4O4S2/c1-14(2)33-18-7-5-17(6-8-18)26(32)19(11-15-3-9-21-23(12-15)35-30-27-21)24(25(31)34-26)16-4-10-20-22(13-16)29-36-28-20/h3-10,12-14,32H,11H2,1-2H3. The van der Waals surface area contributed by atoms with Crippen molar-refractivity contribution in [3.8, 4) is 5.75 Å². The average Bonchev–Trinajstić information content (AvgIpc) is 3.57. The van der Waals surface area contributed by atoms with E-state index in [0.717, 1.165) is 33.0 Å². The van der Waals surface area contributed by atoms with Crippen LogP contribution in [-0.4, -0.2) is 35.5 Å². The van der Waals surface area contributed by atoms with Gasteiger partial charge >= 0.3 is 5.97 Å². The SMILES string of the molecule is CC(C)Oc1ccc(C2(O)OC(=O)C(c3ccc4nsnc4c3)=C2Cc2ccc3nnsc3c2)cc1. The van der Waals surface area contributed by atoms with E-state index in [9.17, 15) is 9.90 Å². The van der Waals surface area contributed by atoms with Gasteiger partial charge in [-0.2, -0.15) is 8.75 Å². The lowest BCUT2D eigenvalue weighted by molar-refractivity contribution is -0.185. The summed E-state index contributed by atoms with van der Waals surface area (Å²) < 4.78 is 24.9. The van der Waals surface area contributed by atoms with Gasteiger partial charge in [0.2, 0.25) is 0 Å². The fourth-order valence-electron chi connectivity index (χ4n) is 4.38. The van der Waals surface area contributed by atoms with Gasteiger partial charge in [-0.15, -0.1) is 5.10 Å². The highest BCUT2D eigenvalue weighted by Crippen LogP contribution is 2.45. The molecule has 6 rings (SSSR count). The van der Waals surface area contributed by atoms with Crippen LogP contribution in [0.3, 0.4) is 0 Å². The first-order valence-electron chi connectivity index (χ1n) is 11.3. The van der Waals surface area contributed by atoms with Crippen molar-refractivity contribution >= 4 is 56.1 Å². The highest BCUT2D eigenvalue weighted by Gasteiger charge is 2.48. The highest BCUT2D eigenvalue weighted by molar-refractivity contribution is 7.12. The maximum absolute atomic E-state index is 13.3. The third kappa shape index (κ3) is 3.93. The van der Waals surface area contributed by atoms with Gasteiger partial charge in [0, 0.05) is 17.6 Å². The molecule has 5 aromatic rings. The molecule has 0 saturated heterocycles. The van der Waals surface area contributed by atoms with Crippen LogP contribution in [0.15, 0.2) is 66.2 Å². The first kappa shape index (κ1) is 22.7. The summed E-state index contributed by atoms with van der Waals surface area (Å²) in [6, 6.07) is 18.2. The predicted molar refractivity (Wildman–Crippen MR) is 138 cm³/mol. The summed E-state index contributed by atoms with van der Waals surface area (Å²) in [5, 5.41) is 16.0. The van der Waals surface area contributed by atoms with Crippen molar-refractivity contribution in [3.63, 3.8) is 0 Å². The van der Waals surface area contributed by atoms with Crippen molar-refractivity contribution in [1.82, 2.24) is 18.3 Å². The number of ether oxygens (including phenoxy) is 2. The summed E-state index contributed by atoms with van der Waals surface area (Å²) >= 11 is 2.40. The molecule has 0 spiro atoms. The molecular weight excluding hydrogens is 496 g/mol. The maximum Gasteiger partial charge on any atom is 0.342 e. The van der Waals surface area contributed by atoms with Gasteiger partial charge in [-0.25, -0.2) is 4.79 Å². The first-order chi connectivity index (χ1) is 17.4. The Morgan fingerprint density at radius 2 is 1.78 bits per heavy atom. The van der Waals surface area contributed by atoms with Crippen LogP contribution in [0.2, 0.25) is 0 Å². The number of esters is 1. The Labute approximate surface area is 214 Å². The Morgan fingerprint density at radius 3 is 2.58 bits per heavy atom. The Bertz CT molecular complexity index is 1640. The molecule has 36 heavy (non-hydrogen) atoms. The summed E-state index contributed by atoms with van der Waals surface area (Å²) in [5.41, 5.74) is 4.95. The molecule has 10 heteroatoms. The second-order valence-electron chi connectivity index (χ2n) is 8.80. The number of nitrogens with zero attached hydrogens (tertiary/aromatic N) is 4. The van der Waals surface area contributed by atoms with E-state index >= 15 is 0 Å². The Hall–Kier alpha value is -3.73. The monoisotopic (exact) mass is 516 g/mol. The maximum atomic E-state index is 13.3. The van der Waals surface area contributed by atoms with Crippen LogP contribution in [0.1, 0.15) is 30.5 Å². The largest absolute Gasteiger partial charge is 0.491 e. The Kier molecular flexibility index (Phi) is 5.51. The molecule has 0 aliphatic carbocycles. The molecule has 0 radical (unpaired) electrons. The van der Waals surface area contributed by atoms with Crippen molar-refractivity contribution in [2.24, 2.45) is 0 Å². The molecule has 0 saturated carbocycles. The van der Waals surface area contributed by atoms with E-state index < -0.39 is 11.8 Å². The van der Waals surface area contributed by atoms with E-state index in [-0.39, 0.29) is 12.5 Å². The third-order valence-electron chi connectivity index (χ3n) is 6.01. The zero-order valence-corrected chi connectivity index (χ0v) is 21.0. The minimum Gasteiger partial charge on any atom is -0.491 e. The molecule has 0 bridgehead atoms. The van der Waals surface area contributed by atoms with E-state index in [4.69, 9.17) is 9.47 Å². The summed E-state index contributed by atoms with van der Waals surface area (Å²) in [6.45, 7) is 3.88. The summed E-state index contributed by atoms with van der Waals surface area (Å²) in [7, 11) is 0. The van der Waals surface area contributed by atoms with E-state index in [1.165, 1.54) is 11.5 Å². The molecule has 1 N–H and O–H groups in total. The molecule has 3 heterocycles. The molecule has 180 valence electrons.